The molecule has 0 bridgehead atoms. The van der Waals surface area contributed by atoms with E-state index in [9.17, 15) is 18.0 Å². The SMILES string of the molecule is C[C@@H](OCc1ccccc1)C(=O)N1[C@H](C(F)(F)F)OC[C@H]1c1ccccc1. The lowest BCUT2D eigenvalue weighted by atomic mass is 10.1. The molecule has 0 N–H and O–H groups in total. The van der Waals surface area contributed by atoms with Crippen LogP contribution in [0.25, 0.3) is 0 Å². The summed E-state index contributed by atoms with van der Waals surface area (Å²) < 4.78 is 50.7. The molecule has 1 saturated heterocycles. The number of rotatable bonds is 5. The molecule has 27 heavy (non-hydrogen) atoms. The molecule has 1 heterocycles. The predicted octanol–water partition coefficient (Wildman–Crippen LogP) is 4.08. The van der Waals surface area contributed by atoms with E-state index in [4.69, 9.17) is 9.47 Å². The zero-order chi connectivity index (χ0) is 19.4. The number of hydrogen-bond acceptors (Lipinski definition) is 3. The van der Waals surface area contributed by atoms with Crippen molar-refractivity contribution in [3.63, 3.8) is 0 Å². The number of hydrogen-bond donors (Lipinski definition) is 0. The van der Waals surface area contributed by atoms with E-state index in [1.165, 1.54) is 6.92 Å². The lowest BCUT2D eigenvalue weighted by Crippen LogP contribution is -2.49. The molecule has 7 heteroatoms. The first-order valence-corrected chi connectivity index (χ1v) is 8.59. The summed E-state index contributed by atoms with van der Waals surface area (Å²) in [5.74, 6) is -0.750. The number of alkyl halides is 3. The van der Waals surface area contributed by atoms with Crippen LogP contribution in [0.15, 0.2) is 60.7 Å². The monoisotopic (exact) mass is 379 g/mol. The summed E-state index contributed by atoms with van der Waals surface area (Å²) >= 11 is 0. The van der Waals surface area contributed by atoms with Crippen molar-refractivity contribution in [2.75, 3.05) is 6.61 Å². The fourth-order valence-electron chi connectivity index (χ4n) is 3.04. The number of halogens is 3. The van der Waals surface area contributed by atoms with Crippen molar-refractivity contribution in [1.29, 1.82) is 0 Å². The van der Waals surface area contributed by atoms with E-state index in [0.717, 1.165) is 10.5 Å². The van der Waals surface area contributed by atoms with Crippen molar-refractivity contribution in [3.8, 4) is 0 Å². The summed E-state index contributed by atoms with van der Waals surface area (Å²) in [5.41, 5.74) is 1.43. The van der Waals surface area contributed by atoms with Crippen molar-refractivity contribution in [3.05, 3.63) is 71.8 Å². The Hall–Kier alpha value is -2.38. The van der Waals surface area contributed by atoms with Gasteiger partial charge in [-0.3, -0.25) is 9.69 Å². The van der Waals surface area contributed by atoms with Crippen LogP contribution in [0.2, 0.25) is 0 Å². The molecule has 0 spiro atoms. The molecule has 0 unspecified atom stereocenters. The van der Waals surface area contributed by atoms with Gasteiger partial charge < -0.3 is 9.47 Å². The fourth-order valence-corrected chi connectivity index (χ4v) is 3.04. The molecule has 0 aromatic heterocycles. The fraction of sp³-hybridized carbons (Fsp3) is 0.350. The first-order valence-electron chi connectivity index (χ1n) is 8.59. The Morgan fingerprint density at radius 1 is 1.15 bits per heavy atom. The Kier molecular flexibility index (Phi) is 5.82. The van der Waals surface area contributed by atoms with E-state index in [0.29, 0.717) is 5.56 Å². The third-order valence-corrected chi connectivity index (χ3v) is 4.41. The Morgan fingerprint density at radius 3 is 2.33 bits per heavy atom. The van der Waals surface area contributed by atoms with E-state index in [2.05, 4.69) is 0 Å². The number of ether oxygens (including phenoxy) is 2. The number of benzene rings is 2. The molecule has 144 valence electrons. The highest BCUT2D eigenvalue weighted by Crippen LogP contribution is 2.38. The molecule has 1 amide bonds. The van der Waals surface area contributed by atoms with Crippen LogP contribution >= 0.6 is 0 Å². The number of nitrogens with zero attached hydrogens (tertiary/aromatic N) is 1. The zero-order valence-corrected chi connectivity index (χ0v) is 14.7. The first-order chi connectivity index (χ1) is 12.9. The van der Waals surface area contributed by atoms with E-state index in [1.807, 2.05) is 30.3 Å². The summed E-state index contributed by atoms with van der Waals surface area (Å²) in [6.07, 6.45) is -8.00. The second kappa shape index (κ2) is 8.10. The minimum atomic E-state index is -4.68. The van der Waals surface area contributed by atoms with Crippen molar-refractivity contribution < 1.29 is 27.4 Å². The zero-order valence-electron chi connectivity index (χ0n) is 14.7. The van der Waals surface area contributed by atoms with Crippen LogP contribution in [-0.2, 0) is 20.9 Å². The normalized spacial score (nSPS) is 21.3. The summed E-state index contributed by atoms with van der Waals surface area (Å²) in [6, 6.07) is 16.9. The van der Waals surface area contributed by atoms with Gasteiger partial charge in [-0.2, -0.15) is 13.2 Å². The van der Waals surface area contributed by atoms with Gasteiger partial charge in [0.2, 0.25) is 6.23 Å². The molecule has 3 atom stereocenters. The average Bonchev–Trinajstić information content (AvgIpc) is 3.12. The van der Waals surface area contributed by atoms with Crippen molar-refractivity contribution >= 4 is 5.91 Å². The Bertz CT molecular complexity index is 752. The second-order valence-corrected chi connectivity index (χ2v) is 6.34. The summed E-state index contributed by atoms with van der Waals surface area (Å²) in [7, 11) is 0. The molecule has 0 aliphatic carbocycles. The second-order valence-electron chi connectivity index (χ2n) is 6.34. The van der Waals surface area contributed by atoms with Gasteiger partial charge in [0.1, 0.15) is 6.10 Å². The van der Waals surface area contributed by atoms with Gasteiger partial charge in [-0.15, -0.1) is 0 Å². The van der Waals surface area contributed by atoms with Gasteiger partial charge >= 0.3 is 6.18 Å². The molecule has 1 fully saturated rings. The maximum atomic E-state index is 13.4. The van der Waals surface area contributed by atoms with E-state index in [-0.39, 0.29) is 13.2 Å². The van der Waals surface area contributed by atoms with Crippen LogP contribution in [0.3, 0.4) is 0 Å². The van der Waals surface area contributed by atoms with Crippen LogP contribution in [-0.4, -0.2) is 35.9 Å². The molecule has 0 radical (unpaired) electrons. The minimum Gasteiger partial charge on any atom is -0.364 e. The van der Waals surface area contributed by atoms with Crippen LogP contribution in [0.1, 0.15) is 24.1 Å². The van der Waals surface area contributed by atoms with E-state index >= 15 is 0 Å². The smallest absolute Gasteiger partial charge is 0.364 e. The summed E-state index contributed by atoms with van der Waals surface area (Å²) in [6.45, 7) is 1.37. The third kappa shape index (κ3) is 4.48. The summed E-state index contributed by atoms with van der Waals surface area (Å²) in [5, 5.41) is 0. The lowest BCUT2D eigenvalue weighted by Gasteiger charge is -2.31. The molecule has 4 nitrogen and oxygen atoms in total. The summed E-state index contributed by atoms with van der Waals surface area (Å²) in [4.78, 5) is 13.6. The van der Waals surface area contributed by atoms with Gasteiger partial charge in [-0.1, -0.05) is 60.7 Å². The minimum absolute atomic E-state index is 0.134. The van der Waals surface area contributed by atoms with Gasteiger partial charge in [-0.05, 0) is 18.1 Å². The highest BCUT2D eigenvalue weighted by atomic mass is 19.4. The predicted molar refractivity (Wildman–Crippen MR) is 92.5 cm³/mol. The van der Waals surface area contributed by atoms with Crippen molar-refractivity contribution in [1.82, 2.24) is 4.90 Å². The van der Waals surface area contributed by atoms with Gasteiger partial charge in [0.05, 0.1) is 19.3 Å². The lowest BCUT2D eigenvalue weighted by molar-refractivity contribution is -0.241. The Morgan fingerprint density at radius 2 is 1.74 bits per heavy atom. The van der Waals surface area contributed by atoms with Crippen molar-refractivity contribution in [2.24, 2.45) is 0 Å². The van der Waals surface area contributed by atoms with E-state index < -0.39 is 30.5 Å². The maximum absolute atomic E-state index is 13.4. The molecule has 0 saturated carbocycles. The molecular formula is C20H20F3NO3. The Labute approximate surface area is 155 Å². The number of amides is 1. The van der Waals surface area contributed by atoms with E-state index in [1.54, 1.807) is 30.3 Å². The molecule has 1 aliphatic rings. The van der Waals surface area contributed by atoms with Crippen LogP contribution < -0.4 is 0 Å². The number of carbonyl (C=O) groups is 1. The molecule has 2 aromatic carbocycles. The van der Waals surface area contributed by atoms with Gasteiger partial charge in [0, 0.05) is 0 Å². The van der Waals surface area contributed by atoms with Crippen LogP contribution in [0.4, 0.5) is 13.2 Å². The van der Waals surface area contributed by atoms with Crippen LogP contribution in [0.5, 0.6) is 0 Å². The van der Waals surface area contributed by atoms with Gasteiger partial charge in [0.25, 0.3) is 5.91 Å². The third-order valence-electron chi connectivity index (χ3n) is 4.41. The topological polar surface area (TPSA) is 38.8 Å². The van der Waals surface area contributed by atoms with Gasteiger partial charge in [-0.25, -0.2) is 0 Å². The Balaban J connectivity index is 1.78. The van der Waals surface area contributed by atoms with Crippen molar-refractivity contribution in [2.45, 2.75) is 38.1 Å². The largest absolute Gasteiger partial charge is 0.433 e. The van der Waals surface area contributed by atoms with Crippen LogP contribution in [0, 0.1) is 0 Å². The standard InChI is InChI=1S/C20H20F3NO3/c1-14(26-12-15-8-4-2-5-9-15)18(25)24-17(16-10-6-3-7-11-16)13-27-19(24)20(21,22)23/h2-11,14,17,19H,12-13H2,1H3/t14-,17+,19+/m1/s1. The average molecular weight is 379 g/mol. The molecule has 3 rings (SSSR count). The quantitative estimate of drug-likeness (QED) is 0.786. The maximum Gasteiger partial charge on any atom is 0.433 e. The molecule has 2 aromatic rings. The highest BCUT2D eigenvalue weighted by molar-refractivity contribution is 5.81. The highest BCUT2D eigenvalue weighted by Gasteiger charge is 2.54. The van der Waals surface area contributed by atoms with Gasteiger partial charge in [0.15, 0.2) is 0 Å². The molecule has 1 aliphatic heterocycles. The number of carbonyl (C=O) groups excluding carboxylic acids is 1. The first kappa shape index (κ1) is 19.4. The molecular weight excluding hydrogens is 359 g/mol.